The molecule has 2 aromatic heterocycles. The summed E-state index contributed by atoms with van der Waals surface area (Å²) in [6, 6.07) is 9.74. The molecule has 0 bridgehead atoms. The topological polar surface area (TPSA) is 75.6 Å². The summed E-state index contributed by atoms with van der Waals surface area (Å²) in [5.74, 6) is 0.221. The second-order valence-electron chi connectivity index (χ2n) is 8.36. The molecule has 2 fully saturated rings. The third kappa shape index (κ3) is 6.29. The zero-order valence-corrected chi connectivity index (χ0v) is 19.1. The molecule has 170 valence electrons. The van der Waals surface area contributed by atoms with Crippen LogP contribution in [0.25, 0.3) is 0 Å². The summed E-state index contributed by atoms with van der Waals surface area (Å²) in [7, 11) is 0. The Kier molecular flexibility index (Phi) is 8.12. The van der Waals surface area contributed by atoms with Gasteiger partial charge in [-0.2, -0.15) is 0 Å². The van der Waals surface area contributed by atoms with E-state index in [4.69, 9.17) is 4.74 Å². The molecule has 0 radical (unpaired) electrons. The third-order valence-electron chi connectivity index (χ3n) is 6.03. The molecule has 0 aromatic carbocycles. The molecule has 2 aromatic rings. The van der Waals surface area contributed by atoms with E-state index in [1.807, 2.05) is 35.2 Å². The number of pyridine rings is 2. The lowest BCUT2D eigenvalue weighted by Gasteiger charge is -2.34. The number of ether oxygens (including phenoxy) is 1. The standard InChI is InChI=1S/C24H30N4O3S/c29-23-16-27(24(30)18-32-22-10-4-5-12-26-22)14-21(31-17-19-7-6-11-25-13-19)15-28(23)20-8-2-1-3-9-20/h4-7,10-13,20-21H,1-3,8-9,14-18H2. The van der Waals surface area contributed by atoms with Gasteiger partial charge in [0.25, 0.3) is 0 Å². The number of rotatable bonds is 7. The van der Waals surface area contributed by atoms with E-state index in [1.54, 1.807) is 23.5 Å². The Bertz CT molecular complexity index is 877. The van der Waals surface area contributed by atoms with E-state index < -0.39 is 0 Å². The van der Waals surface area contributed by atoms with Crippen LogP contribution in [0, 0.1) is 0 Å². The maximum atomic E-state index is 13.2. The quantitative estimate of drug-likeness (QED) is 0.599. The monoisotopic (exact) mass is 454 g/mol. The Labute approximate surface area is 193 Å². The first-order chi connectivity index (χ1) is 15.7. The summed E-state index contributed by atoms with van der Waals surface area (Å²) in [4.78, 5) is 38.2. The minimum absolute atomic E-state index is 0.0283. The van der Waals surface area contributed by atoms with Crippen LogP contribution in [0.15, 0.2) is 53.9 Å². The Hall–Kier alpha value is -2.45. The van der Waals surface area contributed by atoms with Crippen molar-refractivity contribution in [3.05, 3.63) is 54.5 Å². The molecule has 1 atom stereocenters. The first-order valence-corrected chi connectivity index (χ1v) is 12.3. The largest absolute Gasteiger partial charge is 0.370 e. The number of carbonyl (C=O) groups is 2. The van der Waals surface area contributed by atoms with Gasteiger partial charge >= 0.3 is 0 Å². The molecule has 2 aliphatic rings. The number of amides is 2. The summed E-state index contributed by atoms with van der Waals surface area (Å²) in [6.07, 6.45) is 10.6. The maximum absolute atomic E-state index is 13.2. The minimum Gasteiger partial charge on any atom is -0.370 e. The third-order valence-corrected chi connectivity index (χ3v) is 6.96. The molecule has 1 aliphatic heterocycles. The number of nitrogens with zero attached hydrogens (tertiary/aromatic N) is 4. The van der Waals surface area contributed by atoms with Gasteiger partial charge in [-0.15, -0.1) is 0 Å². The highest BCUT2D eigenvalue weighted by molar-refractivity contribution is 7.99. The molecule has 2 amide bonds. The van der Waals surface area contributed by atoms with Gasteiger partial charge in [-0.05, 0) is 36.6 Å². The van der Waals surface area contributed by atoms with Crippen molar-refractivity contribution in [2.75, 3.05) is 25.4 Å². The first-order valence-electron chi connectivity index (χ1n) is 11.3. The van der Waals surface area contributed by atoms with Crippen molar-refractivity contribution in [3.63, 3.8) is 0 Å². The first kappa shape index (κ1) is 22.7. The molecule has 8 heteroatoms. The number of aromatic nitrogens is 2. The Morgan fingerprint density at radius 3 is 2.72 bits per heavy atom. The van der Waals surface area contributed by atoms with Gasteiger partial charge in [0.05, 0.1) is 30.0 Å². The lowest BCUT2D eigenvalue weighted by Crippen LogP contribution is -2.46. The molecule has 1 aliphatic carbocycles. The van der Waals surface area contributed by atoms with Crippen LogP contribution < -0.4 is 0 Å². The summed E-state index contributed by atoms with van der Waals surface area (Å²) in [6.45, 7) is 1.47. The molecule has 3 heterocycles. The molecule has 7 nitrogen and oxygen atoms in total. The van der Waals surface area contributed by atoms with Gasteiger partial charge in [0.1, 0.15) is 0 Å². The molecule has 0 spiro atoms. The van der Waals surface area contributed by atoms with Crippen LogP contribution in [0.5, 0.6) is 0 Å². The van der Waals surface area contributed by atoms with E-state index in [9.17, 15) is 9.59 Å². The van der Waals surface area contributed by atoms with Crippen LogP contribution >= 0.6 is 11.8 Å². The number of carbonyl (C=O) groups excluding carboxylic acids is 2. The zero-order valence-electron chi connectivity index (χ0n) is 18.3. The molecule has 4 rings (SSSR count). The van der Waals surface area contributed by atoms with Crippen molar-refractivity contribution in [3.8, 4) is 0 Å². The van der Waals surface area contributed by atoms with Gasteiger partial charge in [-0.3, -0.25) is 14.6 Å². The van der Waals surface area contributed by atoms with Crippen molar-refractivity contribution in [1.82, 2.24) is 19.8 Å². The van der Waals surface area contributed by atoms with Crippen LogP contribution in [0.3, 0.4) is 0 Å². The van der Waals surface area contributed by atoms with E-state index >= 15 is 0 Å². The van der Waals surface area contributed by atoms with Gasteiger partial charge in [0, 0.05) is 37.7 Å². The predicted molar refractivity (Wildman–Crippen MR) is 123 cm³/mol. The van der Waals surface area contributed by atoms with E-state index in [0.717, 1.165) is 36.3 Å². The fraction of sp³-hybridized carbons (Fsp3) is 0.500. The van der Waals surface area contributed by atoms with Gasteiger partial charge in [-0.1, -0.05) is 43.2 Å². The molecular weight excluding hydrogens is 424 g/mol. The van der Waals surface area contributed by atoms with Gasteiger partial charge in [0.2, 0.25) is 11.8 Å². The zero-order chi connectivity index (χ0) is 22.2. The molecule has 1 unspecified atom stereocenters. The summed E-state index contributed by atoms with van der Waals surface area (Å²) >= 11 is 1.39. The summed E-state index contributed by atoms with van der Waals surface area (Å²) in [5.41, 5.74) is 0.982. The van der Waals surface area contributed by atoms with Crippen LogP contribution in [0.2, 0.25) is 0 Å². The SMILES string of the molecule is O=C(CSc1ccccn1)N1CC(=O)N(C2CCCCC2)CC(OCc2cccnc2)C1. The van der Waals surface area contributed by atoms with Gasteiger partial charge in [0.15, 0.2) is 0 Å². The highest BCUT2D eigenvalue weighted by atomic mass is 32.2. The van der Waals surface area contributed by atoms with Gasteiger partial charge in [-0.25, -0.2) is 4.98 Å². The fourth-order valence-electron chi connectivity index (χ4n) is 4.34. The fourth-order valence-corrected chi connectivity index (χ4v) is 5.11. The highest BCUT2D eigenvalue weighted by Crippen LogP contribution is 2.25. The smallest absolute Gasteiger partial charge is 0.242 e. The van der Waals surface area contributed by atoms with Crippen LogP contribution in [0.4, 0.5) is 0 Å². The molecule has 32 heavy (non-hydrogen) atoms. The Balaban J connectivity index is 1.44. The van der Waals surface area contributed by atoms with Crippen molar-refractivity contribution in [1.29, 1.82) is 0 Å². The van der Waals surface area contributed by atoms with E-state index in [1.165, 1.54) is 18.2 Å². The molecule has 1 saturated heterocycles. The maximum Gasteiger partial charge on any atom is 0.242 e. The second kappa shape index (κ2) is 11.4. The average Bonchev–Trinajstić information content (AvgIpc) is 3.02. The normalized spacial score (nSPS) is 20.2. The van der Waals surface area contributed by atoms with Crippen molar-refractivity contribution in [2.45, 2.75) is 55.9 Å². The number of thioether (sulfide) groups is 1. The predicted octanol–water partition coefficient (Wildman–Crippen LogP) is 3.16. The highest BCUT2D eigenvalue weighted by Gasteiger charge is 2.34. The summed E-state index contributed by atoms with van der Waals surface area (Å²) < 4.78 is 6.21. The average molecular weight is 455 g/mol. The van der Waals surface area contributed by atoms with Crippen LogP contribution in [-0.2, 0) is 20.9 Å². The Morgan fingerprint density at radius 1 is 1.09 bits per heavy atom. The number of hydrogen-bond acceptors (Lipinski definition) is 6. The van der Waals surface area contributed by atoms with E-state index in [2.05, 4.69) is 9.97 Å². The lowest BCUT2D eigenvalue weighted by atomic mass is 9.94. The molecule has 0 N–H and O–H groups in total. The summed E-state index contributed by atoms with van der Waals surface area (Å²) in [5, 5.41) is 0.801. The van der Waals surface area contributed by atoms with E-state index in [-0.39, 0.29) is 36.3 Å². The van der Waals surface area contributed by atoms with Crippen molar-refractivity contribution in [2.24, 2.45) is 0 Å². The van der Waals surface area contributed by atoms with E-state index in [0.29, 0.717) is 19.7 Å². The second-order valence-corrected chi connectivity index (χ2v) is 9.36. The number of hydrogen-bond donors (Lipinski definition) is 0. The lowest BCUT2D eigenvalue weighted by molar-refractivity contribution is -0.139. The van der Waals surface area contributed by atoms with Gasteiger partial charge < -0.3 is 14.5 Å². The van der Waals surface area contributed by atoms with Crippen LogP contribution in [0.1, 0.15) is 37.7 Å². The molecule has 1 saturated carbocycles. The molecular formula is C24H30N4O3S. The van der Waals surface area contributed by atoms with Crippen molar-refractivity contribution < 1.29 is 14.3 Å². The minimum atomic E-state index is -0.229. The van der Waals surface area contributed by atoms with Crippen molar-refractivity contribution >= 4 is 23.6 Å². The Morgan fingerprint density at radius 2 is 1.97 bits per heavy atom. The van der Waals surface area contributed by atoms with Crippen LogP contribution in [-0.4, -0.2) is 69.1 Å².